The number of hydrogen-bond donors (Lipinski definition) is 7. The topological polar surface area (TPSA) is 186 Å². The zero-order valence-electron chi connectivity index (χ0n) is 25.5. The van der Waals surface area contributed by atoms with Crippen molar-refractivity contribution < 1.29 is 54.8 Å². The average Bonchev–Trinajstić information content (AvgIpc) is 2.98. The molecule has 0 aromatic carbocycles. The van der Waals surface area contributed by atoms with E-state index in [1.54, 1.807) is 0 Å². The number of rotatable bonds is 21. The summed E-state index contributed by atoms with van der Waals surface area (Å²) < 4.78 is 16.1. The number of carbonyl (C=O) groups is 1. The van der Waals surface area contributed by atoms with Gasteiger partial charge < -0.3 is 50.0 Å². The second-order valence-electron chi connectivity index (χ2n) is 12.2. The summed E-state index contributed by atoms with van der Waals surface area (Å²) in [6.07, 6.45) is 4.27. The highest BCUT2D eigenvalue weighted by Crippen LogP contribution is 2.30. The van der Waals surface area contributed by atoms with Crippen LogP contribution in [0.2, 0.25) is 0 Å². The van der Waals surface area contributed by atoms with Crippen molar-refractivity contribution in [3.05, 3.63) is 0 Å². The van der Waals surface area contributed by atoms with Crippen LogP contribution in [-0.2, 0) is 19.0 Å². The number of ether oxygens (including phenoxy) is 3. The zero-order valence-corrected chi connectivity index (χ0v) is 25.5. The van der Waals surface area contributed by atoms with Gasteiger partial charge in [0.2, 0.25) is 0 Å². The van der Waals surface area contributed by atoms with Gasteiger partial charge in [-0.25, -0.2) is 0 Å². The first kappa shape index (κ1) is 37.3. The molecule has 1 aliphatic heterocycles. The summed E-state index contributed by atoms with van der Waals surface area (Å²) >= 11 is 0. The van der Waals surface area contributed by atoms with Crippen molar-refractivity contribution in [2.75, 3.05) is 6.61 Å². The first-order chi connectivity index (χ1) is 20.2. The Morgan fingerprint density at radius 2 is 1.00 bits per heavy atom. The third-order valence-electron chi connectivity index (χ3n) is 8.54. The van der Waals surface area contributed by atoms with Crippen molar-refractivity contribution in [3.8, 4) is 0 Å². The summed E-state index contributed by atoms with van der Waals surface area (Å²) in [7, 11) is 0. The predicted molar refractivity (Wildman–Crippen MR) is 155 cm³/mol. The summed E-state index contributed by atoms with van der Waals surface area (Å²) in [5, 5.41) is 70.9. The van der Waals surface area contributed by atoms with Crippen LogP contribution in [0.15, 0.2) is 0 Å². The maximum atomic E-state index is 12.5. The van der Waals surface area contributed by atoms with Gasteiger partial charge in [0.15, 0.2) is 12.4 Å². The molecule has 1 heterocycles. The van der Waals surface area contributed by atoms with Gasteiger partial charge in [-0.1, -0.05) is 110 Å². The largest absolute Gasteiger partial charge is 0.457 e. The normalized spacial score (nSPS) is 33.5. The lowest BCUT2D eigenvalue weighted by molar-refractivity contribution is -0.322. The van der Waals surface area contributed by atoms with Crippen molar-refractivity contribution in [3.63, 3.8) is 0 Å². The molecule has 2 rings (SSSR count). The minimum atomic E-state index is -1.82. The third kappa shape index (κ3) is 12.6. The summed E-state index contributed by atoms with van der Waals surface area (Å²) in [5.74, 6) is -0.662. The summed E-state index contributed by atoms with van der Waals surface area (Å²) in [6, 6.07) is 0. The van der Waals surface area contributed by atoms with Gasteiger partial charge in [0.1, 0.15) is 48.8 Å². The van der Waals surface area contributed by atoms with Crippen LogP contribution in [-0.4, -0.2) is 110 Å². The molecule has 11 nitrogen and oxygen atoms in total. The van der Waals surface area contributed by atoms with Crippen LogP contribution < -0.4 is 0 Å². The van der Waals surface area contributed by atoms with E-state index in [-0.39, 0.29) is 13.0 Å². The van der Waals surface area contributed by atoms with Crippen LogP contribution in [0, 0.1) is 0 Å². The average molecular weight is 607 g/mol. The first-order valence-electron chi connectivity index (χ1n) is 16.4. The predicted octanol–water partition coefficient (Wildman–Crippen LogP) is 2.22. The van der Waals surface area contributed by atoms with E-state index >= 15 is 0 Å². The minimum absolute atomic E-state index is 0.0662. The number of aliphatic hydroxyl groups is 7. The maximum absolute atomic E-state index is 12.5. The van der Waals surface area contributed by atoms with E-state index in [0.717, 1.165) is 19.3 Å². The van der Waals surface area contributed by atoms with E-state index in [0.29, 0.717) is 6.42 Å². The number of carbonyl (C=O) groups excluding carboxylic acids is 1. The van der Waals surface area contributed by atoms with Gasteiger partial charge >= 0.3 is 5.97 Å². The van der Waals surface area contributed by atoms with E-state index in [9.17, 15) is 40.5 Å². The van der Waals surface area contributed by atoms with Gasteiger partial charge in [0.05, 0.1) is 6.61 Å². The molecular weight excluding hydrogens is 548 g/mol. The molecule has 2 fully saturated rings. The van der Waals surface area contributed by atoms with E-state index in [1.807, 2.05) is 0 Å². The lowest BCUT2D eigenvalue weighted by Crippen LogP contribution is -2.67. The molecule has 0 unspecified atom stereocenters. The SMILES string of the molecule is CCCCCCCCCCCCCCCCCCCC(=O)O[C@@H]1[C@@H](O)[C@@H](O)[C@@H](O)[C@@H](O)[C@H]1O[C@@H]1OC[C@@H](O)[C@H](O)[C@H]1O. The summed E-state index contributed by atoms with van der Waals surface area (Å²) in [4.78, 5) is 12.5. The van der Waals surface area contributed by atoms with E-state index in [4.69, 9.17) is 14.2 Å². The van der Waals surface area contributed by atoms with Gasteiger partial charge in [-0.15, -0.1) is 0 Å². The van der Waals surface area contributed by atoms with E-state index < -0.39 is 67.2 Å². The molecule has 0 amide bonds. The number of unbranched alkanes of at least 4 members (excludes halogenated alkanes) is 16. The van der Waals surface area contributed by atoms with Crippen LogP contribution in [0.4, 0.5) is 0 Å². The van der Waals surface area contributed by atoms with Crippen LogP contribution in [0.5, 0.6) is 0 Å². The Labute approximate surface area is 251 Å². The molecule has 2 aliphatic rings. The second kappa shape index (κ2) is 21.0. The Morgan fingerprint density at radius 1 is 0.571 bits per heavy atom. The Morgan fingerprint density at radius 3 is 1.48 bits per heavy atom. The van der Waals surface area contributed by atoms with Gasteiger partial charge in [0.25, 0.3) is 0 Å². The fourth-order valence-electron chi connectivity index (χ4n) is 5.73. The van der Waals surface area contributed by atoms with Gasteiger partial charge in [-0.3, -0.25) is 4.79 Å². The molecule has 1 saturated heterocycles. The van der Waals surface area contributed by atoms with Crippen molar-refractivity contribution in [1.82, 2.24) is 0 Å². The number of esters is 1. The monoisotopic (exact) mass is 606 g/mol. The third-order valence-corrected chi connectivity index (χ3v) is 8.54. The van der Waals surface area contributed by atoms with Crippen molar-refractivity contribution >= 4 is 5.97 Å². The minimum Gasteiger partial charge on any atom is -0.457 e. The molecule has 0 aromatic heterocycles. The first-order valence-corrected chi connectivity index (χ1v) is 16.4. The van der Waals surface area contributed by atoms with Crippen LogP contribution in [0.25, 0.3) is 0 Å². The molecule has 0 bridgehead atoms. The molecule has 0 radical (unpaired) electrons. The smallest absolute Gasteiger partial charge is 0.306 e. The van der Waals surface area contributed by atoms with E-state index in [1.165, 1.54) is 83.5 Å². The number of aliphatic hydroxyl groups excluding tert-OH is 7. The molecule has 10 atom stereocenters. The van der Waals surface area contributed by atoms with Crippen molar-refractivity contribution in [2.45, 2.75) is 184 Å². The molecular formula is C31H58O11. The van der Waals surface area contributed by atoms with Crippen LogP contribution >= 0.6 is 0 Å². The summed E-state index contributed by atoms with van der Waals surface area (Å²) in [6.45, 7) is 1.88. The fraction of sp³-hybridized carbons (Fsp3) is 0.968. The molecule has 248 valence electrons. The summed E-state index contributed by atoms with van der Waals surface area (Å²) in [5.41, 5.74) is 0. The molecule has 7 N–H and O–H groups in total. The standard InChI is InChI=1S/C31H58O11/c1-2-3-4-5-6-7-8-9-10-11-12-13-14-15-16-17-18-19-22(33)41-29-26(37)24(35)25(36)27(38)30(29)42-31-28(39)23(34)21(32)20-40-31/h21,23-32,34-39H,2-20H2,1H3/t21-,23+,24+,25-,26+,27-,28-,29-,30-,31+/m1/s1. The molecule has 0 aromatic rings. The second-order valence-corrected chi connectivity index (χ2v) is 12.2. The Balaban J connectivity index is 1.60. The van der Waals surface area contributed by atoms with Gasteiger partial charge in [0, 0.05) is 6.42 Å². The molecule has 0 spiro atoms. The van der Waals surface area contributed by atoms with E-state index in [2.05, 4.69) is 6.92 Å². The quantitative estimate of drug-likeness (QED) is 0.0750. The maximum Gasteiger partial charge on any atom is 0.306 e. The highest BCUT2D eigenvalue weighted by molar-refractivity contribution is 5.69. The van der Waals surface area contributed by atoms with Crippen molar-refractivity contribution in [2.24, 2.45) is 0 Å². The fourth-order valence-corrected chi connectivity index (χ4v) is 5.73. The number of hydrogen-bond acceptors (Lipinski definition) is 11. The Kier molecular flexibility index (Phi) is 18.6. The molecule has 1 aliphatic carbocycles. The van der Waals surface area contributed by atoms with Crippen LogP contribution in [0.1, 0.15) is 122 Å². The Bertz CT molecular complexity index is 710. The highest BCUT2D eigenvalue weighted by Gasteiger charge is 2.53. The lowest BCUT2D eigenvalue weighted by atomic mass is 9.84. The van der Waals surface area contributed by atoms with Gasteiger partial charge in [-0.2, -0.15) is 0 Å². The molecule has 42 heavy (non-hydrogen) atoms. The Hall–Kier alpha value is -0.890. The molecule has 1 saturated carbocycles. The zero-order chi connectivity index (χ0) is 30.9. The lowest BCUT2D eigenvalue weighted by Gasteiger charge is -2.45. The van der Waals surface area contributed by atoms with Gasteiger partial charge in [-0.05, 0) is 6.42 Å². The molecule has 11 heteroatoms. The highest BCUT2D eigenvalue weighted by atomic mass is 16.7. The van der Waals surface area contributed by atoms with Crippen molar-refractivity contribution in [1.29, 1.82) is 0 Å². The van der Waals surface area contributed by atoms with Crippen LogP contribution in [0.3, 0.4) is 0 Å².